The fraction of sp³-hybridized carbons (Fsp3) is 0.556. The summed E-state index contributed by atoms with van der Waals surface area (Å²) in [4.78, 5) is 11.4. The van der Waals surface area contributed by atoms with E-state index in [0.717, 1.165) is 12.1 Å². The molecule has 1 atom stereocenters. The zero-order valence-electron chi connectivity index (χ0n) is 8.22. The molecule has 0 unspecified atom stereocenters. The van der Waals surface area contributed by atoms with Crippen LogP contribution in [-0.4, -0.2) is 22.1 Å². The molecule has 0 fully saturated rings. The van der Waals surface area contributed by atoms with Crippen molar-refractivity contribution in [2.24, 2.45) is 0 Å². The minimum Gasteiger partial charge on any atom is -0.348 e. The van der Waals surface area contributed by atoms with E-state index in [-0.39, 0.29) is 11.9 Å². The topological polar surface area (TPSA) is 57.8 Å². The fourth-order valence-electron chi connectivity index (χ4n) is 0.934. The van der Waals surface area contributed by atoms with Crippen LogP contribution < -0.4 is 5.32 Å². The molecule has 1 amide bonds. The molecule has 72 valence electrons. The van der Waals surface area contributed by atoms with Gasteiger partial charge in [0, 0.05) is 11.7 Å². The fourth-order valence-corrected chi connectivity index (χ4v) is 0.934. The van der Waals surface area contributed by atoms with Gasteiger partial charge in [-0.25, -0.2) is 0 Å². The zero-order chi connectivity index (χ0) is 9.84. The van der Waals surface area contributed by atoms with Gasteiger partial charge in [0.05, 0.1) is 0 Å². The van der Waals surface area contributed by atoms with E-state index in [4.69, 9.17) is 0 Å². The van der Waals surface area contributed by atoms with Gasteiger partial charge in [0.1, 0.15) is 5.69 Å². The number of rotatable bonds is 3. The summed E-state index contributed by atoms with van der Waals surface area (Å²) >= 11 is 0. The van der Waals surface area contributed by atoms with Crippen LogP contribution in [0.3, 0.4) is 0 Å². The third-order valence-electron chi connectivity index (χ3n) is 1.93. The van der Waals surface area contributed by atoms with Gasteiger partial charge in [0.2, 0.25) is 0 Å². The van der Waals surface area contributed by atoms with Crippen molar-refractivity contribution in [2.75, 3.05) is 0 Å². The zero-order valence-corrected chi connectivity index (χ0v) is 8.22. The molecule has 0 bridgehead atoms. The van der Waals surface area contributed by atoms with Crippen molar-refractivity contribution in [3.05, 3.63) is 17.5 Å². The lowest BCUT2D eigenvalue weighted by atomic mass is 10.2. The first kappa shape index (κ1) is 9.77. The first-order chi connectivity index (χ1) is 6.13. The molecule has 2 N–H and O–H groups in total. The summed E-state index contributed by atoms with van der Waals surface area (Å²) in [5.74, 6) is -0.112. The number of carbonyl (C=O) groups excluding carboxylic acids is 1. The summed E-state index contributed by atoms with van der Waals surface area (Å²) in [6.07, 6.45) is 0.926. The van der Waals surface area contributed by atoms with E-state index in [1.54, 1.807) is 6.07 Å². The second-order valence-corrected chi connectivity index (χ2v) is 3.22. The standard InChI is InChI=1S/C9H15N3O/c1-4-6(2)10-9(13)8-5-7(3)11-12-8/h5-6H,4H2,1-3H3,(H,10,13)(H,11,12)/t6-/m1/s1. The lowest BCUT2D eigenvalue weighted by Crippen LogP contribution is -2.32. The van der Waals surface area contributed by atoms with Crippen LogP contribution in [0.1, 0.15) is 36.5 Å². The molecule has 0 radical (unpaired) electrons. The molecule has 1 aromatic heterocycles. The molecule has 0 aliphatic heterocycles. The number of hydrogen-bond donors (Lipinski definition) is 2. The lowest BCUT2D eigenvalue weighted by Gasteiger charge is -2.08. The van der Waals surface area contributed by atoms with Gasteiger partial charge >= 0.3 is 0 Å². The van der Waals surface area contributed by atoms with E-state index in [2.05, 4.69) is 15.5 Å². The van der Waals surface area contributed by atoms with Gasteiger partial charge in [-0.3, -0.25) is 9.89 Å². The first-order valence-electron chi connectivity index (χ1n) is 4.46. The SMILES string of the molecule is CC[C@@H](C)NC(=O)c1cc(C)[nH]n1. The highest BCUT2D eigenvalue weighted by Crippen LogP contribution is 1.98. The molecule has 1 rings (SSSR count). The van der Waals surface area contributed by atoms with Crippen LogP contribution in [0.4, 0.5) is 0 Å². The summed E-state index contributed by atoms with van der Waals surface area (Å²) in [6, 6.07) is 1.93. The normalized spacial score (nSPS) is 12.5. The van der Waals surface area contributed by atoms with E-state index in [9.17, 15) is 4.79 Å². The number of carbonyl (C=O) groups is 1. The molecule has 0 aliphatic rings. The predicted molar refractivity (Wildman–Crippen MR) is 50.5 cm³/mol. The summed E-state index contributed by atoms with van der Waals surface area (Å²) in [7, 11) is 0. The summed E-state index contributed by atoms with van der Waals surface area (Å²) in [5, 5.41) is 9.43. The molecular weight excluding hydrogens is 166 g/mol. The highest BCUT2D eigenvalue weighted by atomic mass is 16.2. The Bertz CT molecular complexity index is 293. The molecule has 1 heterocycles. The van der Waals surface area contributed by atoms with Gasteiger partial charge < -0.3 is 5.32 Å². The Labute approximate surface area is 77.7 Å². The van der Waals surface area contributed by atoms with Crippen LogP contribution in [0.2, 0.25) is 0 Å². The van der Waals surface area contributed by atoms with Crippen molar-refractivity contribution in [1.82, 2.24) is 15.5 Å². The quantitative estimate of drug-likeness (QED) is 0.737. The molecule has 13 heavy (non-hydrogen) atoms. The highest BCUT2D eigenvalue weighted by molar-refractivity contribution is 5.92. The van der Waals surface area contributed by atoms with Gasteiger partial charge in [-0.1, -0.05) is 6.92 Å². The average Bonchev–Trinajstić information content (AvgIpc) is 2.51. The monoisotopic (exact) mass is 181 g/mol. The van der Waals surface area contributed by atoms with Gasteiger partial charge in [-0.15, -0.1) is 0 Å². The van der Waals surface area contributed by atoms with E-state index in [0.29, 0.717) is 5.69 Å². The molecular formula is C9H15N3O. The number of nitrogens with one attached hydrogen (secondary N) is 2. The number of aryl methyl sites for hydroxylation is 1. The van der Waals surface area contributed by atoms with Crippen molar-refractivity contribution < 1.29 is 4.79 Å². The van der Waals surface area contributed by atoms with Gasteiger partial charge in [0.25, 0.3) is 5.91 Å². The van der Waals surface area contributed by atoms with Crippen molar-refractivity contribution in [3.63, 3.8) is 0 Å². The second kappa shape index (κ2) is 4.07. The van der Waals surface area contributed by atoms with Crippen molar-refractivity contribution in [2.45, 2.75) is 33.2 Å². The molecule has 0 spiro atoms. The van der Waals surface area contributed by atoms with E-state index >= 15 is 0 Å². The van der Waals surface area contributed by atoms with Crippen LogP contribution in [0.15, 0.2) is 6.07 Å². The average molecular weight is 181 g/mol. The van der Waals surface area contributed by atoms with Gasteiger partial charge in [0.15, 0.2) is 0 Å². The number of nitrogens with zero attached hydrogens (tertiary/aromatic N) is 1. The number of hydrogen-bond acceptors (Lipinski definition) is 2. The molecule has 4 heteroatoms. The van der Waals surface area contributed by atoms with Crippen molar-refractivity contribution >= 4 is 5.91 Å². The Morgan fingerprint density at radius 1 is 1.77 bits per heavy atom. The van der Waals surface area contributed by atoms with Crippen LogP contribution in [0.25, 0.3) is 0 Å². The lowest BCUT2D eigenvalue weighted by molar-refractivity contribution is 0.0934. The second-order valence-electron chi connectivity index (χ2n) is 3.22. The smallest absolute Gasteiger partial charge is 0.271 e. The molecule has 0 saturated carbocycles. The third kappa shape index (κ3) is 2.57. The van der Waals surface area contributed by atoms with Crippen LogP contribution in [0, 0.1) is 6.92 Å². The minimum atomic E-state index is -0.112. The Kier molecular flexibility index (Phi) is 3.06. The summed E-state index contributed by atoms with van der Waals surface area (Å²) < 4.78 is 0. The van der Waals surface area contributed by atoms with Crippen molar-refractivity contribution in [1.29, 1.82) is 0 Å². The molecule has 0 saturated heterocycles. The van der Waals surface area contributed by atoms with Crippen LogP contribution >= 0.6 is 0 Å². The number of H-pyrrole nitrogens is 1. The Balaban J connectivity index is 2.58. The Morgan fingerprint density at radius 2 is 2.46 bits per heavy atom. The maximum atomic E-state index is 11.4. The summed E-state index contributed by atoms with van der Waals surface area (Å²) in [5.41, 5.74) is 1.35. The van der Waals surface area contributed by atoms with Gasteiger partial charge in [-0.2, -0.15) is 5.10 Å². The molecule has 1 aromatic rings. The molecule has 0 aromatic carbocycles. The predicted octanol–water partition coefficient (Wildman–Crippen LogP) is 1.25. The third-order valence-corrected chi connectivity index (χ3v) is 1.93. The minimum absolute atomic E-state index is 0.112. The van der Waals surface area contributed by atoms with E-state index in [1.807, 2.05) is 20.8 Å². The van der Waals surface area contributed by atoms with Crippen LogP contribution in [-0.2, 0) is 0 Å². The van der Waals surface area contributed by atoms with Gasteiger partial charge in [-0.05, 0) is 26.3 Å². The maximum absolute atomic E-state index is 11.4. The highest BCUT2D eigenvalue weighted by Gasteiger charge is 2.10. The number of aromatic nitrogens is 2. The van der Waals surface area contributed by atoms with Crippen LogP contribution in [0.5, 0.6) is 0 Å². The van der Waals surface area contributed by atoms with Crippen molar-refractivity contribution in [3.8, 4) is 0 Å². The Hall–Kier alpha value is -1.32. The summed E-state index contributed by atoms with van der Waals surface area (Å²) in [6.45, 7) is 5.87. The van der Waals surface area contributed by atoms with E-state index in [1.165, 1.54) is 0 Å². The number of aromatic amines is 1. The van der Waals surface area contributed by atoms with E-state index < -0.39 is 0 Å². The maximum Gasteiger partial charge on any atom is 0.271 e. The Morgan fingerprint density at radius 3 is 2.92 bits per heavy atom. The molecule has 0 aliphatic carbocycles. The number of amides is 1. The molecule has 4 nitrogen and oxygen atoms in total. The largest absolute Gasteiger partial charge is 0.348 e. The first-order valence-corrected chi connectivity index (χ1v) is 4.46.